The molecule has 0 saturated heterocycles. The average Bonchev–Trinajstić information content (AvgIpc) is 2.69. The highest BCUT2D eigenvalue weighted by Gasteiger charge is 2.09. The van der Waals surface area contributed by atoms with Gasteiger partial charge in [0.25, 0.3) is 0 Å². The standard InChI is InChI=1S/C7H5ClN4S3/c1-13-6-11-12-7(15-6)14-5-4(8)9-2-3-10-5/h2-3H,1H3. The van der Waals surface area contributed by atoms with Gasteiger partial charge in [-0.15, -0.1) is 10.2 Å². The van der Waals surface area contributed by atoms with Crippen LogP contribution in [-0.2, 0) is 0 Å². The van der Waals surface area contributed by atoms with E-state index in [1.54, 1.807) is 24.2 Å². The van der Waals surface area contributed by atoms with Crippen molar-refractivity contribution in [1.29, 1.82) is 0 Å². The molecule has 0 amide bonds. The SMILES string of the molecule is CSc1nnc(Sc2nccnc2Cl)s1. The van der Waals surface area contributed by atoms with Crippen molar-refractivity contribution < 1.29 is 0 Å². The molecule has 0 radical (unpaired) electrons. The Balaban J connectivity index is 2.18. The van der Waals surface area contributed by atoms with Crippen molar-refractivity contribution in [3.8, 4) is 0 Å². The minimum Gasteiger partial charge on any atom is -0.245 e. The average molecular weight is 277 g/mol. The molecule has 4 nitrogen and oxygen atoms in total. The predicted octanol–water partition coefficient (Wildman–Crippen LogP) is 2.85. The number of hydrogen-bond acceptors (Lipinski definition) is 7. The number of aromatic nitrogens is 4. The van der Waals surface area contributed by atoms with E-state index >= 15 is 0 Å². The van der Waals surface area contributed by atoms with E-state index in [-0.39, 0.29) is 0 Å². The van der Waals surface area contributed by atoms with Crippen LogP contribution in [-0.4, -0.2) is 26.4 Å². The zero-order chi connectivity index (χ0) is 10.7. The first-order chi connectivity index (χ1) is 7.29. The molecule has 2 heterocycles. The fraction of sp³-hybridized carbons (Fsp3) is 0.143. The van der Waals surface area contributed by atoms with Crippen LogP contribution in [0.25, 0.3) is 0 Å². The van der Waals surface area contributed by atoms with Gasteiger partial charge in [0, 0.05) is 12.4 Å². The molecule has 0 saturated carbocycles. The largest absolute Gasteiger partial charge is 0.245 e. The molecule has 0 aliphatic heterocycles. The van der Waals surface area contributed by atoms with Crippen molar-refractivity contribution in [3.05, 3.63) is 17.5 Å². The van der Waals surface area contributed by atoms with Gasteiger partial charge in [0.1, 0.15) is 5.03 Å². The van der Waals surface area contributed by atoms with Gasteiger partial charge in [-0.05, 0) is 18.0 Å². The van der Waals surface area contributed by atoms with Gasteiger partial charge in [-0.25, -0.2) is 9.97 Å². The van der Waals surface area contributed by atoms with Crippen LogP contribution in [0.3, 0.4) is 0 Å². The molecular weight excluding hydrogens is 272 g/mol. The molecule has 0 aliphatic carbocycles. The fourth-order valence-corrected chi connectivity index (χ4v) is 3.30. The molecule has 0 unspecified atom stereocenters. The van der Waals surface area contributed by atoms with Gasteiger partial charge in [0.05, 0.1) is 0 Å². The summed E-state index contributed by atoms with van der Waals surface area (Å²) in [7, 11) is 0. The molecule has 0 bridgehead atoms. The Morgan fingerprint density at radius 2 is 1.93 bits per heavy atom. The maximum atomic E-state index is 5.87. The van der Waals surface area contributed by atoms with Gasteiger partial charge in [-0.1, -0.05) is 34.7 Å². The predicted molar refractivity (Wildman–Crippen MR) is 62.9 cm³/mol. The smallest absolute Gasteiger partial charge is 0.181 e. The van der Waals surface area contributed by atoms with Gasteiger partial charge in [0.15, 0.2) is 13.8 Å². The molecule has 15 heavy (non-hydrogen) atoms. The fourth-order valence-electron chi connectivity index (χ4n) is 0.780. The first-order valence-electron chi connectivity index (χ1n) is 3.81. The third-order valence-corrected chi connectivity index (χ3v) is 4.70. The highest BCUT2D eigenvalue weighted by molar-refractivity contribution is 8.03. The second kappa shape index (κ2) is 5.11. The lowest BCUT2D eigenvalue weighted by atomic mass is 10.8. The number of nitrogens with zero attached hydrogens (tertiary/aromatic N) is 4. The summed E-state index contributed by atoms with van der Waals surface area (Å²) < 4.78 is 1.75. The quantitative estimate of drug-likeness (QED) is 0.804. The van der Waals surface area contributed by atoms with Crippen molar-refractivity contribution in [2.45, 2.75) is 13.7 Å². The van der Waals surface area contributed by atoms with Crippen LogP contribution < -0.4 is 0 Å². The Hall–Kier alpha value is -0.370. The molecule has 78 valence electrons. The van der Waals surface area contributed by atoms with Crippen LogP contribution in [0.15, 0.2) is 26.1 Å². The van der Waals surface area contributed by atoms with E-state index in [2.05, 4.69) is 20.2 Å². The molecule has 0 atom stereocenters. The second-order valence-corrected chi connectivity index (χ2v) is 5.92. The first kappa shape index (κ1) is 11.1. The van der Waals surface area contributed by atoms with Crippen LogP contribution in [0.4, 0.5) is 0 Å². The molecular formula is C7H5ClN4S3. The van der Waals surface area contributed by atoms with Crippen LogP contribution in [0, 0.1) is 0 Å². The Bertz CT molecular complexity index is 461. The van der Waals surface area contributed by atoms with Gasteiger partial charge in [-0.3, -0.25) is 0 Å². The first-order valence-corrected chi connectivity index (χ1v) is 7.05. The number of halogens is 1. The minimum atomic E-state index is 0.392. The van der Waals surface area contributed by atoms with E-state index in [0.29, 0.717) is 10.2 Å². The summed E-state index contributed by atoms with van der Waals surface area (Å²) in [6.07, 6.45) is 5.12. The monoisotopic (exact) mass is 276 g/mol. The Labute approximate surface area is 104 Å². The summed E-state index contributed by atoms with van der Waals surface area (Å²) in [5, 5.41) is 9.04. The van der Waals surface area contributed by atoms with Crippen molar-refractivity contribution in [3.63, 3.8) is 0 Å². The topological polar surface area (TPSA) is 51.6 Å². The summed E-state index contributed by atoms with van der Waals surface area (Å²) in [6.45, 7) is 0. The molecule has 0 N–H and O–H groups in total. The number of rotatable bonds is 3. The molecule has 0 fully saturated rings. The summed E-state index contributed by atoms with van der Waals surface area (Å²) in [4.78, 5) is 8.04. The van der Waals surface area contributed by atoms with E-state index < -0.39 is 0 Å². The van der Waals surface area contributed by atoms with Crippen LogP contribution in [0.2, 0.25) is 5.15 Å². The lowest BCUT2D eigenvalue weighted by Crippen LogP contribution is -1.83. The summed E-state index contributed by atoms with van der Waals surface area (Å²) in [5.74, 6) is 0. The third-order valence-electron chi connectivity index (χ3n) is 1.37. The highest BCUT2D eigenvalue weighted by atomic mass is 35.5. The maximum absolute atomic E-state index is 5.87. The van der Waals surface area contributed by atoms with E-state index in [9.17, 15) is 0 Å². The number of hydrogen-bond donors (Lipinski definition) is 0. The highest BCUT2D eigenvalue weighted by Crippen LogP contribution is 2.33. The Morgan fingerprint density at radius 1 is 1.20 bits per heavy atom. The van der Waals surface area contributed by atoms with Crippen molar-refractivity contribution in [2.75, 3.05) is 6.26 Å². The lowest BCUT2D eigenvalue weighted by Gasteiger charge is -1.96. The van der Waals surface area contributed by atoms with Crippen molar-refractivity contribution in [2.24, 2.45) is 0 Å². The van der Waals surface area contributed by atoms with Crippen LogP contribution in [0.5, 0.6) is 0 Å². The van der Waals surface area contributed by atoms with Crippen LogP contribution in [0.1, 0.15) is 0 Å². The van der Waals surface area contributed by atoms with E-state index in [0.717, 1.165) is 8.68 Å². The van der Waals surface area contributed by atoms with Gasteiger partial charge in [0.2, 0.25) is 0 Å². The van der Waals surface area contributed by atoms with E-state index in [1.807, 2.05) is 6.26 Å². The normalized spacial score (nSPS) is 10.5. The zero-order valence-electron chi connectivity index (χ0n) is 7.55. The minimum absolute atomic E-state index is 0.392. The third kappa shape index (κ3) is 2.81. The molecule has 0 aliphatic rings. The molecule has 0 spiro atoms. The molecule has 2 aromatic heterocycles. The van der Waals surface area contributed by atoms with Gasteiger partial charge < -0.3 is 0 Å². The van der Waals surface area contributed by atoms with E-state index in [1.165, 1.54) is 23.1 Å². The number of thioether (sulfide) groups is 1. The maximum Gasteiger partial charge on any atom is 0.181 e. The second-order valence-electron chi connectivity index (χ2n) is 2.29. The Kier molecular flexibility index (Phi) is 3.79. The Morgan fingerprint density at radius 3 is 2.60 bits per heavy atom. The summed E-state index contributed by atoms with van der Waals surface area (Å²) in [5.41, 5.74) is 0. The van der Waals surface area contributed by atoms with Gasteiger partial charge in [-0.2, -0.15) is 0 Å². The van der Waals surface area contributed by atoms with E-state index in [4.69, 9.17) is 11.6 Å². The van der Waals surface area contributed by atoms with Crippen molar-refractivity contribution >= 4 is 46.5 Å². The summed E-state index contributed by atoms with van der Waals surface area (Å²) >= 11 is 10.3. The lowest BCUT2D eigenvalue weighted by molar-refractivity contribution is 0.952. The molecule has 2 rings (SSSR count). The molecule has 0 aromatic carbocycles. The summed E-state index contributed by atoms with van der Waals surface area (Å²) in [6, 6.07) is 0. The van der Waals surface area contributed by atoms with Crippen molar-refractivity contribution in [1.82, 2.24) is 20.2 Å². The molecule has 8 heteroatoms. The van der Waals surface area contributed by atoms with Crippen LogP contribution >= 0.6 is 46.5 Å². The zero-order valence-corrected chi connectivity index (χ0v) is 10.8. The molecule has 2 aromatic rings. The van der Waals surface area contributed by atoms with Gasteiger partial charge >= 0.3 is 0 Å².